The van der Waals surface area contributed by atoms with Crippen molar-refractivity contribution < 1.29 is 19.8 Å². The number of thiol groups is 2. The lowest BCUT2D eigenvalue weighted by atomic mass is 9.86. The molecule has 0 unspecified atom stereocenters. The van der Waals surface area contributed by atoms with E-state index in [2.05, 4.69) is 46.0 Å². The molecule has 0 saturated heterocycles. The van der Waals surface area contributed by atoms with Gasteiger partial charge in [-0.3, -0.25) is 9.59 Å². The van der Waals surface area contributed by atoms with E-state index in [1.165, 1.54) is 6.42 Å². The van der Waals surface area contributed by atoms with Crippen LogP contribution in [0, 0.1) is 11.3 Å². The quantitative estimate of drug-likeness (QED) is 0.604. The molecule has 0 aromatic heterocycles. The van der Waals surface area contributed by atoms with E-state index in [1.807, 2.05) is 0 Å². The van der Waals surface area contributed by atoms with E-state index in [0.29, 0.717) is 11.3 Å². The van der Waals surface area contributed by atoms with Crippen LogP contribution in [-0.2, 0) is 9.59 Å². The molecule has 0 fully saturated rings. The largest absolute Gasteiger partial charge is 0.481 e. The Bertz CT molecular complexity index is 201. The predicted octanol–water partition coefficient (Wildman–Crippen LogP) is 3.08. The number of carbonyl (C=O) groups is 2. The topological polar surface area (TPSA) is 74.6 Å². The van der Waals surface area contributed by atoms with Crippen molar-refractivity contribution in [3.63, 3.8) is 0 Å². The summed E-state index contributed by atoms with van der Waals surface area (Å²) in [4.78, 5) is 18.0. The minimum atomic E-state index is -0.833. The lowest BCUT2D eigenvalue weighted by molar-refractivity contribution is -0.135. The van der Waals surface area contributed by atoms with Crippen LogP contribution in [0.1, 0.15) is 41.0 Å². The fourth-order valence-electron chi connectivity index (χ4n) is 1.05. The van der Waals surface area contributed by atoms with E-state index in [0.717, 1.165) is 25.4 Å². The molecular formula is C12H26O4S2. The van der Waals surface area contributed by atoms with Crippen LogP contribution < -0.4 is 0 Å². The highest BCUT2D eigenvalue weighted by atomic mass is 32.1. The van der Waals surface area contributed by atoms with Crippen molar-refractivity contribution in [3.8, 4) is 0 Å². The molecule has 6 heteroatoms. The molecule has 0 amide bonds. The van der Waals surface area contributed by atoms with Crippen molar-refractivity contribution >= 4 is 37.2 Å². The maximum Gasteiger partial charge on any atom is 0.300 e. The van der Waals surface area contributed by atoms with Gasteiger partial charge in [-0.1, -0.05) is 20.8 Å². The molecule has 0 aliphatic rings. The summed E-state index contributed by atoms with van der Waals surface area (Å²) >= 11 is 8.52. The van der Waals surface area contributed by atoms with Crippen molar-refractivity contribution in [2.24, 2.45) is 11.3 Å². The molecule has 0 aromatic rings. The Kier molecular flexibility index (Phi) is 16.6. The first kappa shape index (κ1) is 22.8. The molecule has 0 aromatic carbocycles. The number of rotatable bonds is 3. The molecule has 4 nitrogen and oxygen atoms in total. The van der Waals surface area contributed by atoms with E-state index < -0.39 is 11.9 Å². The summed E-state index contributed by atoms with van der Waals surface area (Å²) in [5.74, 6) is 0.924. The minimum Gasteiger partial charge on any atom is -0.481 e. The Morgan fingerprint density at radius 3 is 1.28 bits per heavy atom. The second-order valence-corrected chi connectivity index (χ2v) is 5.76. The van der Waals surface area contributed by atoms with Crippen molar-refractivity contribution in [2.75, 3.05) is 11.5 Å². The smallest absolute Gasteiger partial charge is 0.300 e. The summed E-state index contributed by atoms with van der Waals surface area (Å²) in [6.07, 6.45) is 1.22. The second kappa shape index (κ2) is 13.1. The van der Waals surface area contributed by atoms with E-state index in [1.54, 1.807) is 0 Å². The van der Waals surface area contributed by atoms with Gasteiger partial charge >= 0.3 is 0 Å². The summed E-state index contributed by atoms with van der Waals surface area (Å²) in [5.41, 5.74) is 0.427. The van der Waals surface area contributed by atoms with Crippen molar-refractivity contribution in [1.82, 2.24) is 0 Å². The average Bonchev–Trinajstić information content (AvgIpc) is 2.10. The zero-order chi connectivity index (χ0) is 15.4. The Balaban J connectivity index is -0.000000233. The third-order valence-electron chi connectivity index (χ3n) is 1.42. The predicted molar refractivity (Wildman–Crippen MR) is 81.9 cm³/mol. The van der Waals surface area contributed by atoms with Crippen molar-refractivity contribution in [3.05, 3.63) is 0 Å². The summed E-state index contributed by atoms with van der Waals surface area (Å²) in [7, 11) is 0. The van der Waals surface area contributed by atoms with E-state index in [4.69, 9.17) is 19.8 Å². The molecule has 0 aliphatic heterocycles. The SMILES string of the molecule is CC(=O)O.CC(=O)O.CC(C)(C)CC(CS)CS. The van der Waals surface area contributed by atoms with Crippen molar-refractivity contribution in [2.45, 2.75) is 41.0 Å². The Morgan fingerprint density at radius 1 is 1.00 bits per heavy atom. The standard InChI is InChI=1S/C8H18S2.2C2H4O2/c1-8(2,3)4-7(5-9)6-10;2*1-2(3)4/h7,9-10H,4-6H2,1-3H3;2*1H3,(H,3,4). The maximum atomic E-state index is 9.00. The van der Waals surface area contributed by atoms with Crippen molar-refractivity contribution in [1.29, 1.82) is 0 Å². The molecule has 0 atom stereocenters. The van der Waals surface area contributed by atoms with Gasteiger partial charge < -0.3 is 10.2 Å². The highest BCUT2D eigenvalue weighted by Gasteiger charge is 2.15. The van der Waals surface area contributed by atoms with Crippen LogP contribution in [0.25, 0.3) is 0 Å². The molecule has 2 N–H and O–H groups in total. The maximum absolute atomic E-state index is 9.00. The Hall–Kier alpha value is -0.360. The third kappa shape index (κ3) is 44.9. The second-order valence-electron chi connectivity index (χ2n) is 5.03. The molecule has 0 bridgehead atoms. The van der Waals surface area contributed by atoms with Crippen LogP contribution in [0.15, 0.2) is 0 Å². The van der Waals surface area contributed by atoms with Gasteiger partial charge in [0.05, 0.1) is 0 Å². The van der Waals surface area contributed by atoms with Gasteiger partial charge in [0.1, 0.15) is 0 Å². The first-order valence-corrected chi connectivity index (χ1v) is 6.83. The summed E-state index contributed by atoms with van der Waals surface area (Å²) in [6.45, 7) is 8.94. The van der Waals surface area contributed by atoms with Crippen LogP contribution >= 0.6 is 25.3 Å². The molecule has 0 heterocycles. The highest BCUT2D eigenvalue weighted by Crippen LogP contribution is 2.25. The van der Waals surface area contributed by atoms with Gasteiger partial charge in [-0.15, -0.1) is 0 Å². The lowest BCUT2D eigenvalue weighted by Crippen LogP contribution is -2.15. The zero-order valence-electron chi connectivity index (χ0n) is 11.8. The Morgan fingerprint density at radius 2 is 1.22 bits per heavy atom. The molecular weight excluding hydrogens is 272 g/mol. The van der Waals surface area contributed by atoms with Crippen LogP contribution in [0.3, 0.4) is 0 Å². The normalized spacial score (nSPS) is 9.78. The minimum absolute atomic E-state index is 0.427. The molecule has 0 rings (SSSR count). The number of aliphatic carboxylic acids is 2. The van der Waals surface area contributed by atoms with Crippen LogP contribution in [-0.4, -0.2) is 33.7 Å². The van der Waals surface area contributed by atoms with Gasteiger partial charge in [-0.2, -0.15) is 25.3 Å². The van der Waals surface area contributed by atoms with Crippen LogP contribution in [0.4, 0.5) is 0 Å². The van der Waals surface area contributed by atoms with Gasteiger partial charge in [0.2, 0.25) is 0 Å². The highest BCUT2D eigenvalue weighted by molar-refractivity contribution is 7.81. The van der Waals surface area contributed by atoms with Gasteiger partial charge in [0.15, 0.2) is 0 Å². The van der Waals surface area contributed by atoms with Gasteiger partial charge in [0, 0.05) is 13.8 Å². The molecule has 0 spiro atoms. The van der Waals surface area contributed by atoms with Gasteiger partial charge in [0.25, 0.3) is 11.9 Å². The number of carboxylic acids is 2. The van der Waals surface area contributed by atoms with Crippen LogP contribution in [0.5, 0.6) is 0 Å². The first-order chi connectivity index (χ1) is 7.96. The number of hydrogen-bond acceptors (Lipinski definition) is 4. The number of carboxylic acid groups (broad SMARTS) is 2. The van der Waals surface area contributed by atoms with E-state index in [9.17, 15) is 0 Å². The van der Waals surface area contributed by atoms with E-state index in [-0.39, 0.29) is 0 Å². The third-order valence-corrected chi connectivity index (χ3v) is 2.45. The fourth-order valence-corrected chi connectivity index (χ4v) is 1.77. The summed E-state index contributed by atoms with van der Waals surface area (Å²) < 4.78 is 0. The molecule has 0 radical (unpaired) electrons. The molecule has 110 valence electrons. The zero-order valence-corrected chi connectivity index (χ0v) is 13.6. The average molecular weight is 298 g/mol. The molecule has 18 heavy (non-hydrogen) atoms. The van der Waals surface area contributed by atoms with Gasteiger partial charge in [-0.25, -0.2) is 0 Å². The molecule has 0 saturated carbocycles. The Labute approximate surface area is 121 Å². The fraction of sp³-hybridized carbons (Fsp3) is 0.833. The molecule has 0 aliphatic carbocycles. The number of hydrogen-bond donors (Lipinski definition) is 4. The summed E-state index contributed by atoms with van der Waals surface area (Å²) in [5, 5.41) is 14.8. The first-order valence-electron chi connectivity index (χ1n) is 5.57. The van der Waals surface area contributed by atoms with E-state index >= 15 is 0 Å². The van der Waals surface area contributed by atoms with Crippen LogP contribution in [0.2, 0.25) is 0 Å². The van der Waals surface area contributed by atoms with Gasteiger partial charge in [-0.05, 0) is 29.3 Å². The summed E-state index contributed by atoms with van der Waals surface area (Å²) in [6, 6.07) is 0. The lowest BCUT2D eigenvalue weighted by Gasteiger charge is -2.23. The monoisotopic (exact) mass is 298 g/mol.